The zero-order valence-corrected chi connectivity index (χ0v) is 15.9. The molecule has 6 heteroatoms. The molecule has 2 N–H and O–H groups in total. The average molecular weight is 430 g/mol. The lowest BCUT2D eigenvalue weighted by Gasteiger charge is -2.28. The van der Waals surface area contributed by atoms with Crippen LogP contribution in [0.3, 0.4) is 0 Å². The van der Waals surface area contributed by atoms with Gasteiger partial charge in [-0.25, -0.2) is 4.39 Å². The van der Waals surface area contributed by atoms with Crippen LogP contribution in [0.2, 0.25) is 0 Å². The highest BCUT2D eigenvalue weighted by Crippen LogP contribution is 2.23. The van der Waals surface area contributed by atoms with Crippen molar-refractivity contribution in [2.45, 2.75) is 45.2 Å². The van der Waals surface area contributed by atoms with Gasteiger partial charge in [-0.1, -0.05) is 25.8 Å². The van der Waals surface area contributed by atoms with E-state index in [2.05, 4.69) is 22.5 Å². The summed E-state index contributed by atoms with van der Waals surface area (Å²) in [6.45, 7) is 2.62. The molecule has 2 rings (SSSR count). The minimum absolute atomic E-state index is 0. The van der Waals surface area contributed by atoms with Gasteiger partial charge in [-0.3, -0.25) is 4.99 Å². The quantitative estimate of drug-likeness (QED) is 0.438. The molecule has 0 radical (unpaired) electrons. The summed E-state index contributed by atoms with van der Waals surface area (Å²) in [6, 6.07) is 6.88. The number of nitrogens with one attached hydrogen (secondary N) is 2. The lowest BCUT2D eigenvalue weighted by Crippen LogP contribution is -2.44. The van der Waals surface area contributed by atoms with Crippen molar-refractivity contribution < 1.29 is 4.39 Å². The molecular weight excluding hydrogens is 406 g/mol. The van der Waals surface area contributed by atoms with Gasteiger partial charge in [0.15, 0.2) is 5.96 Å². The Morgan fingerprint density at radius 2 is 2.22 bits per heavy atom. The van der Waals surface area contributed by atoms with Crippen LogP contribution in [0.15, 0.2) is 23.2 Å². The van der Waals surface area contributed by atoms with Gasteiger partial charge in [-0.05, 0) is 30.9 Å². The summed E-state index contributed by atoms with van der Waals surface area (Å²) in [5, 5.41) is 15.3. The van der Waals surface area contributed by atoms with Crippen molar-refractivity contribution in [3.05, 3.63) is 35.1 Å². The first-order valence-electron chi connectivity index (χ1n) is 7.78. The fourth-order valence-electron chi connectivity index (χ4n) is 2.89. The molecule has 0 amide bonds. The van der Waals surface area contributed by atoms with Crippen molar-refractivity contribution in [1.82, 2.24) is 10.6 Å². The number of guanidine groups is 1. The van der Waals surface area contributed by atoms with E-state index in [4.69, 9.17) is 5.26 Å². The summed E-state index contributed by atoms with van der Waals surface area (Å²) in [5.74, 6) is 1.07. The Hall–Kier alpha value is -1.36. The molecule has 2 unspecified atom stereocenters. The van der Waals surface area contributed by atoms with Crippen LogP contribution in [0.4, 0.5) is 4.39 Å². The third-order valence-corrected chi connectivity index (χ3v) is 4.13. The average Bonchev–Trinajstić information content (AvgIpc) is 2.52. The van der Waals surface area contributed by atoms with Crippen molar-refractivity contribution in [1.29, 1.82) is 5.26 Å². The van der Waals surface area contributed by atoms with Gasteiger partial charge in [0.1, 0.15) is 5.82 Å². The van der Waals surface area contributed by atoms with Crippen LogP contribution >= 0.6 is 24.0 Å². The van der Waals surface area contributed by atoms with Crippen molar-refractivity contribution in [2.24, 2.45) is 10.9 Å². The van der Waals surface area contributed by atoms with Crippen LogP contribution in [0.25, 0.3) is 0 Å². The molecule has 126 valence electrons. The summed E-state index contributed by atoms with van der Waals surface area (Å²) in [7, 11) is 1.72. The van der Waals surface area contributed by atoms with E-state index in [-0.39, 0.29) is 29.8 Å². The molecule has 1 aromatic carbocycles. The maximum Gasteiger partial charge on any atom is 0.191 e. The number of benzene rings is 1. The highest BCUT2D eigenvalue weighted by atomic mass is 127. The Morgan fingerprint density at radius 3 is 2.83 bits per heavy atom. The first-order valence-corrected chi connectivity index (χ1v) is 7.78. The van der Waals surface area contributed by atoms with Crippen LogP contribution in [-0.2, 0) is 6.54 Å². The van der Waals surface area contributed by atoms with Crippen molar-refractivity contribution >= 4 is 29.9 Å². The van der Waals surface area contributed by atoms with Gasteiger partial charge < -0.3 is 10.6 Å². The van der Waals surface area contributed by atoms with E-state index in [1.54, 1.807) is 19.2 Å². The molecule has 4 nitrogen and oxygen atoms in total. The molecule has 0 aliphatic heterocycles. The van der Waals surface area contributed by atoms with Gasteiger partial charge in [0.25, 0.3) is 0 Å². The Labute approximate surface area is 154 Å². The number of halogens is 2. The second-order valence-corrected chi connectivity index (χ2v) is 5.96. The van der Waals surface area contributed by atoms with Crippen molar-refractivity contribution in [2.75, 3.05) is 7.05 Å². The van der Waals surface area contributed by atoms with Crippen LogP contribution in [0, 0.1) is 23.1 Å². The van der Waals surface area contributed by atoms with Crippen LogP contribution in [0.1, 0.15) is 43.7 Å². The fraction of sp³-hybridized carbons (Fsp3) is 0.529. The lowest BCUT2D eigenvalue weighted by atomic mass is 9.87. The second-order valence-electron chi connectivity index (χ2n) is 5.96. The summed E-state index contributed by atoms with van der Waals surface area (Å²) in [5.41, 5.74) is 0.860. The number of nitriles is 1. The SMILES string of the molecule is CN=C(NCc1ccc(C#N)cc1F)NC1CCCC(C)C1.I. The summed E-state index contributed by atoms with van der Waals surface area (Å²) < 4.78 is 13.8. The monoisotopic (exact) mass is 430 g/mol. The fourth-order valence-corrected chi connectivity index (χ4v) is 2.89. The summed E-state index contributed by atoms with van der Waals surface area (Å²) in [6.07, 6.45) is 4.82. The zero-order valence-electron chi connectivity index (χ0n) is 13.6. The maximum absolute atomic E-state index is 13.8. The first-order chi connectivity index (χ1) is 10.6. The summed E-state index contributed by atoms with van der Waals surface area (Å²) in [4.78, 5) is 4.21. The summed E-state index contributed by atoms with van der Waals surface area (Å²) >= 11 is 0. The Kier molecular flexibility index (Phi) is 8.31. The van der Waals surface area contributed by atoms with Gasteiger partial charge in [0.2, 0.25) is 0 Å². The predicted molar refractivity (Wildman–Crippen MR) is 101 cm³/mol. The number of nitrogens with zero attached hydrogens (tertiary/aromatic N) is 2. The van der Waals surface area contributed by atoms with E-state index in [0.717, 1.165) is 18.8 Å². The van der Waals surface area contributed by atoms with Gasteiger partial charge in [0.05, 0.1) is 11.6 Å². The van der Waals surface area contributed by atoms with Crippen molar-refractivity contribution in [3.63, 3.8) is 0 Å². The number of aliphatic imine (C=N–C) groups is 1. The molecule has 2 atom stereocenters. The van der Waals surface area contributed by atoms with Crippen LogP contribution < -0.4 is 10.6 Å². The smallest absolute Gasteiger partial charge is 0.191 e. The number of hydrogen-bond acceptors (Lipinski definition) is 2. The minimum Gasteiger partial charge on any atom is -0.354 e. The first kappa shape index (κ1) is 19.7. The molecule has 1 aromatic rings. The van der Waals surface area contributed by atoms with E-state index in [1.807, 2.05) is 6.07 Å². The highest BCUT2D eigenvalue weighted by molar-refractivity contribution is 14.0. The largest absolute Gasteiger partial charge is 0.354 e. The van der Waals surface area contributed by atoms with Gasteiger partial charge in [-0.15, -0.1) is 24.0 Å². The number of rotatable bonds is 3. The van der Waals surface area contributed by atoms with E-state index in [1.165, 1.54) is 18.9 Å². The third-order valence-electron chi connectivity index (χ3n) is 4.13. The van der Waals surface area contributed by atoms with E-state index < -0.39 is 0 Å². The molecule has 1 saturated carbocycles. The highest BCUT2D eigenvalue weighted by Gasteiger charge is 2.19. The molecule has 1 aliphatic rings. The van der Waals surface area contributed by atoms with Crippen LogP contribution in [0.5, 0.6) is 0 Å². The molecule has 0 heterocycles. The third kappa shape index (κ3) is 5.98. The topological polar surface area (TPSA) is 60.2 Å². The molecule has 1 aliphatic carbocycles. The molecule has 1 fully saturated rings. The van der Waals surface area contributed by atoms with Gasteiger partial charge in [-0.2, -0.15) is 5.26 Å². The van der Waals surface area contributed by atoms with E-state index in [0.29, 0.717) is 29.7 Å². The Bertz CT molecular complexity index is 582. The maximum atomic E-state index is 13.8. The van der Waals surface area contributed by atoms with Gasteiger partial charge >= 0.3 is 0 Å². The lowest BCUT2D eigenvalue weighted by molar-refractivity contribution is 0.324. The number of hydrogen-bond donors (Lipinski definition) is 2. The Balaban J connectivity index is 0.00000264. The molecule has 0 saturated heterocycles. The molecule has 0 bridgehead atoms. The minimum atomic E-state index is -0.367. The molecule has 0 aromatic heterocycles. The Morgan fingerprint density at radius 1 is 1.43 bits per heavy atom. The van der Waals surface area contributed by atoms with E-state index in [9.17, 15) is 4.39 Å². The molecular formula is C17H24FIN4. The standard InChI is InChI=1S/C17H23FN4.HI/c1-12-4-3-5-15(8-12)22-17(20-2)21-11-14-7-6-13(10-19)9-16(14)18;/h6-7,9,12,15H,3-5,8,11H2,1-2H3,(H2,20,21,22);1H. The van der Waals surface area contributed by atoms with Crippen LogP contribution in [-0.4, -0.2) is 19.0 Å². The van der Waals surface area contributed by atoms with Crippen molar-refractivity contribution in [3.8, 4) is 6.07 Å². The zero-order chi connectivity index (χ0) is 15.9. The second kappa shape index (κ2) is 9.71. The van der Waals surface area contributed by atoms with Gasteiger partial charge in [0, 0.05) is 25.2 Å². The molecule has 23 heavy (non-hydrogen) atoms. The van der Waals surface area contributed by atoms with E-state index >= 15 is 0 Å². The molecule has 0 spiro atoms. The normalized spacial score (nSPS) is 21.0. The predicted octanol–water partition coefficient (Wildman–Crippen LogP) is 3.56.